The fourth-order valence-corrected chi connectivity index (χ4v) is 3.90. The van der Waals surface area contributed by atoms with Crippen LogP contribution in [0.4, 0.5) is 5.82 Å². The zero-order valence-electron chi connectivity index (χ0n) is 18.7. The maximum Gasteiger partial charge on any atom is 0.158 e. The molecule has 0 saturated carbocycles. The van der Waals surface area contributed by atoms with Gasteiger partial charge in [0.15, 0.2) is 5.65 Å². The Labute approximate surface area is 193 Å². The highest BCUT2D eigenvalue weighted by atomic mass is 16.5. The number of morpholine rings is 1. The van der Waals surface area contributed by atoms with Crippen LogP contribution in [-0.2, 0) is 11.3 Å². The molecular formula is C26H26N6O. The van der Waals surface area contributed by atoms with Gasteiger partial charge in [-0.2, -0.15) is 9.61 Å². The molecule has 1 saturated heterocycles. The lowest BCUT2D eigenvalue weighted by Crippen LogP contribution is -2.37. The highest BCUT2D eigenvalue weighted by Crippen LogP contribution is 2.24. The van der Waals surface area contributed by atoms with Gasteiger partial charge in [0.05, 0.1) is 31.1 Å². The van der Waals surface area contributed by atoms with E-state index in [1.165, 1.54) is 0 Å². The van der Waals surface area contributed by atoms with Crippen LogP contribution in [0.15, 0.2) is 72.5 Å². The number of hydrogen-bond acceptors (Lipinski definition) is 6. The number of nitrogens with zero attached hydrogens (tertiary/aromatic N) is 6. The number of benzene rings is 1. The summed E-state index contributed by atoms with van der Waals surface area (Å²) in [5.74, 6) is 1.01. The molecule has 0 aliphatic carbocycles. The summed E-state index contributed by atoms with van der Waals surface area (Å²) in [4.78, 5) is 15.9. The minimum Gasteiger partial charge on any atom is -0.378 e. The highest BCUT2D eigenvalue weighted by molar-refractivity contribution is 5.81. The molecule has 1 aliphatic rings. The first-order valence-electron chi connectivity index (χ1n) is 11.1. The van der Waals surface area contributed by atoms with E-state index in [2.05, 4.69) is 39.7 Å². The molecule has 0 spiro atoms. The molecule has 3 aromatic heterocycles. The van der Waals surface area contributed by atoms with Gasteiger partial charge in [-0.3, -0.25) is 9.98 Å². The lowest BCUT2D eigenvalue weighted by Gasteiger charge is -2.29. The SMILES string of the molecule is C=C(C)c1cccc(C=NCc2cc(N3CCOCC3)n3nc(-c4ccncc4)cc3n2)c1. The van der Waals surface area contributed by atoms with Crippen molar-refractivity contribution in [1.29, 1.82) is 0 Å². The van der Waals surface area contributed by atoms with Crippen molar-refractivity contribution in [3.05, 3.63) is 84.3 Å². The van der Waals surface area contributed by atoms with E-state index in [-0.39, 0.29) is 0 Å². The highest BCUT2D eigenvalue weighted by Gasteiger charge is 2.18. The monoisotopic (exact) mass is 438 g/mol. The molecule has 5 rings (SSSR count). The fourth-order valence-electron chi connectivity index (χ4n) is 3.90. The van der Waals surface area contributed by atoms with Gasteiger partial charge in [-0.25, -0.2) is 4.98 Å². The number of ether oxygens (including phenoxy) is 1. The van der Waals surface area contributed by atoms with E-state index in [4.69, 9.17) is 14.8 Å². The van der Waals surface area contributed by atoms with E-state index in [1.807, 2.05) is 48.0 Å². The topological polar surface area (TPSA) is 67.9 Å². The van der Waals surface area contributed by atoms with Crippen molar-refractivity contribution in [2.45, 2.75) is 13.5 Å². The lowest BCUT2D eigenvalue weighted by molar-refractivity contribution is 0.122. The second kappa shape index (κ2) is 9.34. The smallest absolute Gasteiger partial charge is 0.158 e. The third-order valence-corrected chi connectivity index (χ3v) is 5.65. The van der Waals surface area contributed by atoms with Gasteiger partial charge in [-0.15, -0.1) is 0 Å². The van der Waals surface area contributed by atoms with Gasteiger partial charge in [0.1, 0.15) is 5.82 Å². The van der Waals surface area contributed by atoms with Gasteiger partial charge < -0.3 is 9.64 Å². The fraction of sp³-hybridized carbons (Fsp3) is 0.231. The molecule has 0 bridgehead atoms. The van der Waals surface area contributed by atoms with E-state index in [9.17, 15) is 0 Å². The van der Waals surface area contributed by atoms with Crippen molar-refractivity contribution in [1.82, 2.24) is 19.6 Å². The van der Waals surface area contributed by atoms with Gasteiger partial charge >= 0.3 is 0 Å². The first kappa shape index (κ1) is 21.0. The molecule has 0 amide bonds. The van der Waals surface area contributed by atoms with Crippen LogP contribution in [0.25, 0.3) is 22.5 Å². The van der Waals surface area contributed by atoms with Crippen LogP contribution in [0.3, 0.4) is 0 Å². The first-order chi connectivity index (χ1) is 16.2. The summed E-state index contributed by atoms with van der Waals surface area (Å²) in [5.41, 5.74) is 6.80. The Kier molecular flexibility index (Phi) is 5.95. The van der Waals surface area contributed by atoms with Crippen molar-refractivity contribution in [3.63, 3.8) is 0 Å². The van der Waals surface area contributed by atoms with Crippen molar-refractivity contribution < 1.29 is 4.74 Å². The average molecular weight is 439 g/mol. The number of hydrogen-bond donors (Lipinski definition) is 0. The predicted octanol–water partition coefficient (Wildman–Crippen LogP) is 4.28. The summed E-state index contributed by atoms with van der Waals surface area (Å²) in [6, 6.07) is 16.2. The molecule has 7 heteroatoms. The number of rotatable bonds is 6. The van der Waals surface area contributed by atoms with Crippen LogP contribution >= 0.6 is 0 Å². The Hall–Kier alpha value is -3.84. The molecule has 0 unspecified atom stereocenters. The number of aromatic nitrogens is 4. The third kappa shape index (κ3) is 4.68. The van der Waals surface area contributed by atoms with Crippen LogP contribution in [0.5, 0.6) is 0 Å². The number of aliphatic imine (C=N–C) groups is 1. The van der Waals surface area contributed by atoms with E-state index in [1.54, 1.807) is 12.4 Å². The predicted molar refractivity (Wildman–Crippen MR) is 132 cm³/mol. The van der Waals surface area contributed by atoms with Gasteiger partial charge in [-0.1, -0.05) is 30.4 Å². The summed E-state index contributed by atoms with van der Waals surface area (Å²) in [6.07, 6.45) is 5.45. The van der Waals surface area contributed by atoms with Gasteiger partial charge in [0.2, 0.25) is 0 Å². The lowest BCUT2D eigenvalue weighted by atomic mass is 10.1. The molecular weight excluding hydrogens is 412 g/mol. The largest absolute Gasteiger partial charge is 0.378 e. The minimum atomic E-state index is 0.487. The number of anilines is 1. The quantitative estimate of drug-likeness (QED) is 0.420. The average Bonchev–Trinajstić information content (AvgIpc) is 3.29. The Bertz CT molecular complexity index is 1310. The standard InChI is InChI=1S/C26H26N6O/c1-19(2)22-5-3-4-20(14-22)17-28-18-23-15-26(31-10-12-33-13-11-31)32-25(29-23)16-24(30-32)21-6-8-27-9-7-21/h3-9,14-17H,1,10-13,18H2,2H3. The van der Waals surface area contributed by atoms with Crippen molar-refractivity contribution in [3.8, 4) is 11.3 Å². The van der Waals surface area contributed by atoms with E-state index >= 15 is 0 Å². The Balaban J connectivity index is 1.48. The molecule has 7 nitrogen and oxygen atoms in total. The molecule has 33 heavy (non-hydrogen) atoms. The number of pyridine rings is 1. The van der Waals surface area contributed by atoms with E-state index < -0.39 is 0 Å². The maximum absolute atomic E-state index is 5.55. The number of fused-ring (bicyclic) bond motifs is 1. The minimum absolute atomic E-state index is 0.487. The molecule has 0 N–H and O–H groups in total. The normalized spacial score (nSPS) is 14.3. The second-order valence-electron chi connectivity index (χ2n) is 8.12. The second-order valence-corrected chi connectivity index (χ2v) is 8.12. The van der Waals surface area contributed by atoms with Gasteiger partial charge in [-0.05, 0) is 36.2 Å². The van der Waals surface area contributed by atoms with Gasteiger partial charge in [0, 0.05) is 49.4 Å². The molecule has 1 aliphatic heterocycles. The van der Waals surface area contributed by atoms with Gasteiger partial charge in [0.25, 0.3) is 0 Å². The van der Waals surface area contributed by atoms with E-state index in [0.717, 1.165) is 58.2 Å². The Morgan fingerprint density at radius 1 is 1.12 bits per heavy atom. The van der Waals surface area contributed by atoms with Crippen molar-refractivity contribution in [2.75, 3.05) is 31.2 Å². The van der Waals surface area contributed by atoms with Crippen LogP contribution in [0, 0.1) is 0 Å². The molecule has 1 aromatic carbocycles. The number of allylic oxidation sites excluding steroid dienone is 1. The summed E-state index contributed by atoms with van der Waals surface area (Å²) in [5, 5.41) is 4.85. The van der Waals surface area contributed by atoms with Crippen molar-refractivity contribution >= 4 is 23.3 Å². The molecule has 1 fully saturated rings. The van der Waals surface area contributed by atoms with Crippen LogP contribution in [0.1, 0.15) is 23.7 Å². The molecule has 166 valence electrons. The zero-order chi connectivity index (χ0) is 22.6. The first-order valence-corrected chi connectivity index (χ1v) is 11.1. The molecule has 4 aromatic rings. The van der Waals surface area contributed by atoms with Crippen molar-refractivity contribution in [2.24, 2.45) is 4.99 Å². The zero-order valence-corrected chi connectivity index (χ0v) is 18.7. The molecule has 0 radical (unpaired) electrons. The molecule has 0 atom stereocenters. The Morgan fingerprint density at radius 3 is 2.73 bits per heavy atom. The molecule has 4 heterocycles. The van der Waals surface area contributed by atoms with Crippen LogP contribution < -0.4 is 4.90 Å². The Morgan fingerprint density at radius 2 is 1.94 bits per heavy atom. The maximum atomic E-state index is 5.55. The van der Waals surface area contributed by atoms with E-state index in [0.29, 0.717) is 19.8 Å². The summed E-state index contributed by atoms with van der Waals surface area (Å²) in [7, 11) is 0. The third-order valence-electron chi connectivity index (χ3n) is 5.65. The van der Waals surface area contributed by atoms with Crippen LogP contribution in [-0.4, -0.2) is 52.1 Å². The summed E-state index contributed by atoms with van der Waals surface area (Å²) >= 11 is 0. The summed E-state index contributed by atoms with van der Waals surface area (Å²) in [6.45, 7) is 9.56. The van der Waals surface area contributed by atoms with Crippen LogP contribution in [0.2, 0.25) is 0 Å². The summed E-state index contributed by atoms with van der Waals surface area (Å²) < 4.78 is 7.48.